The van der Waals surface area contributed by atoms with Crippen molar-refractivity contribution in [3.63, 3.8) is 0 Å². The van der Waals surface area contributed by atoms with Gasteiger partial charge in [-0.2, -0.15) is 0 Å². The zero-order valence-electron chi connectivity index (χ0n) is 4.93. The van der Waals surface area contributed by atoms with E-state index in [1.807, 2.05) is 0 Å². The van der Waals surface area contributed by atoms with E-state index < -0.39 is 5.05 Å². The Morgan fingerprint density at radius 1 is 1.75 bits per heavy atom. The molecule has 40 valence electrons. The maximum Gasteiger partial charge on any atom is 1.00 e. The third kappa shape index (κ3) is 9.48. The van der Waals surface area contributed by atoms with E-state index in [2.05, 4.69) is 12.2 Å². The monoisotopic (exact) mass is 124 g/mol. The summed E-state index contributed by atoms with van der Waals surface area (Å²) < 4.78 is 0. The summed E-state index contributed by atoms with van der Waals surface area (Å²) >= 11 is 4.10. The van der Waals surface area contributed by atoms with E-state index >= 15 is 0 Å². The smallest absolute Gasteiger partial charge is 0.867 e. The van der Waals surface area contributed by atoms with Crippen LogP contribution in [0.25, 0.3) is 0 Å². The second kappa shape index (κ2) is 5.30. The van der Waals surface area contributed by atoms with E-state index in [0.29, 0.717) is 0 Å². The van der Waals surface area contributed by atoms with Gasteiger partial charge >= 0.3 is 18.9 Å². The Kier molecular flexibility index (Phi) is 7.30. The van der Waals surface area contributed by atoms with E-state index in [-0.39, 0.29) is 31.1 Å². The molecule has 0 bridgehead atoms. The van der Waals surface area contributed by atoms with Crippen molar-refractivity contribution in [1.82, 2.24) is 0 Å². The van der Waals surface area contributed by atoms with Gasteiger partial charge in [0.05, 0.1) is 0 Å². The standard InChI is InChI=1S/C4H6O2S.Li/c1-3(5)2-4(6)7;/h2H2,1H3,(H,6,7);/q;+1/p-1. The molecule has 0 aromatic heterocycles. The molecule has 0 aromatic carbocycles. The van der Waals surface area contributed by atoms with Crippen molar-refractivity contribution in [2.45, 2.75) is 13.3 Å². The number of ketones is 1. The number of hydrogen-bond acceptors (Lipinski definition) is 3. The van der Waals surface area contributed by atoms with E-state index in [1.54, 1.807) is 0 Å². The second-order valence-corrected chi connectivity index (χ2v) is 1.71. The van der Waals surface area contributed by atoms with E-state index in [9.17, 15) is 9.90 Å². The Morgan fingerprint density at radius 3 is 2.12 bits per heavy atom. The molecule has 0 spiro atoms. The van der Waals surface area contributed by atoms with Crippen LogP contribution in [0.15, 0.2) is 0 Å². The molecular weight excluding hydrogens is 119 g/mol. The van der Waals surface area contributed by atoms with Crippen molar-refractivity contribution in [3.05, 3.63) is 0 Å². The molecule has 0 unspecified atom stereocenters. The van der Waals surface area contributed by atoms with Crippen molar-refractivity contribution in [1.29, 1.82) is 0 Å². The number of carbonyl (C=O) groups is 1. The van der Waals surface area contributed by atoms with Crippen LogP contribution in [0.3, 0.4) is 0 Å². The van der Waals surface area contributed by atoms with Gasteiger partial charge in [0.1, 0.15) is 5.78 Å². The number of carbonyl (C=O) groups excluding carboxylic acids is 1. The Bertz CT molecular complexity index is 90.2. The van der Waals surface area contributed by atoms with Gasteiger partial charge in [-0.1, -0.05) is 5.05 Å². The molecule has 4 heteroatoms. The summed E-state index contributed by atoms with van der Waals surface area (Å²) in [7, 11) is 0. The van der Waals surface area contributed by atoms with Crippen LogP contribution < -0.4 is 24.0 Å². The largest absolute Gasteiger partial charge is 1.00 e. The molecule has 0 N–H and O–H groups in total. The molecule has 0 rings (SSSR count). The van der Waals surface area contributed by atoms with Crippen molar-refractivity contribution < 1.29 is 28.8 Å². The Labute approximate surface area is 65.4 Å². The Balaban J connectivity index is 0. The predicted molar refractivity (Wildman–Crippen MR) is 27.9 cm³/mol. The molecule has 0 saturated carbocycles. The summed E-state index contributed by atoms with van der Waals surface area (Å²) in [5.41, 5.74) is 0. The molecule has 0 fully saturated rings. The first-order valence-corrected chi connectivity index (χ1v) is 2.23. The number of hydrogen-bond donors (Lipinski definition) is 0. The Hall–Kier alpha value is 0.157. The van der Waals surface area contributed by atoms with Gasteiger partial charge in [0.25, 0.3) is 0 Å². The molecule has 0 aromatic rings. The molecule has 0 amide bonds. The first-order valence-electron chi connectivity index (χ1n) is 1.82. The van der Waals surface area contributed by atoms with E-state index in [0.717, 1.165) is 0 Å². The van der Waals surface area contributed by atoms with Gasteiger partial charge in [0.15, 0.2) is 0 Å². The first kappa shape index (κ1) is 11.0. The number of rotatable bonds is 2. The maximum absolute atomic E-state index is 9.97. The zero-order valence-corrected chi connectivity index (χ0v) is 5.75. The van der Waals surface area contributed by atoms with Gasteiger partial charge in [0, 0.05) is 6.42 Å². The minimum Gasteiger partial charge on any atom is -0.867 e. The zero-order chi connectivity index (χ0) is 5.86. The van der Waals surface area contributed by atoms with Crippen LogP contribution in [0.4, 0.5) is 0 Å². The summed E-state index contributed by atoms with van der Waals surface area (Å²) in [6.07, 6.45) is -0.102. The maximum atomic E-state index is 9.97. The normalized spacial score (nSPS) is 7.12. The molecular formula is C4H5LiO2S. The van der Waals surface area contributed by atoms with Crippen molar-refractivity contribution >= 4 is 23.1 Å². The van der Waals surface area contributed by atoms with Crippen LogP contribution in [0, 0.1) is 0 Å². The fourth-order valence-electron chi connectivity index (χ4n) is 0.203. The molecule has 0 saturated heterocycles. The summed E-state index contributed by atoms with van der Waals surface area (Å²) in [6.45, 7) is 1.34. The molecule has 2 nitrogen and oxygen atoms in total. The Morgan fingerprint density at radius 2 is 2.12 bits per heavy atom. The van der Waals surface area contributed by atoms with Gasteiger partial charge in [0.2, 0.25) is 0 Å². The van der Waals surface area contributed by atoms with Crippen molar-refractivity contribution in [2.75, 3.05) is 0 Å². The SMILES string of the molecule is CC(=O)CC([O-])=S.[Li+]. The fourth-order valence-corrected chi connectivity index (χ4v) is 0.407. The molecule has 0 heterocycles. The van der Waals surface area contributed by atoms with Gasteiger partial charge in [-0.05, 0) is 6.92 Å². The molecule has 0 radical (unpaired) electrons. The average molecular weight is 124 g/mol. The van der Waals surface area contributed by atoms with E-state index in [4.69, 9.17) is 0 Å². The van der Waals surface area contributed by atoms with Crippen molar-refractivity contribution in [2.24, 2.45) is 0 Å². The summed E-state index contributed by atoms with van der Waals surface area (Å²) in [5, 5.41) is 9.37. The predicted octanol–water partition coefficient (Wildman–Crippen LogP) is -3.34. The van der Waals surface area contributed by atoms with Gasteiger partial charge in [-0.15, -0.1) is 12.2 Å². The molecule has 0 atom stereocenters. The molecule has 0 aliphatic rings. The molecule has 0 aliphatic carbocycles. The quantitative estimate of drug-likeness (QED) is 0.285. The third-order valence-corrected chi connectivity index (χ3v) is 0.538. The summed E-state index contributed by atoms with van der Waals surface area (Å²) in [4.78, 5) is 9.97. The second-order valence-electron chi connectivity index (χ2n) is 1.25. The van der Waals surface area contributed by atoms with Crippen LogP contribution in [-0.4, -0.2) is 10.8 Å². The van der Waals surface area contributed by atoms with Gasteiger partial charge in [-0.3, -0.25) is 4.79 Å². The van der Waals surface area contributed by atoms with Crippen molar-refractivity contribution in [3.8, 4) is 0 Å². The van der Waals surface area contributed by atoms with E-state index in [1.165, 1.54) is 6.92 Å². The van der Waals surface area contributed by atoms with Crippen LogP contribution in [0.2, 0.25) is 0 Å². The minimum atomic E-state index is -0.479. The minimum absolute atomic E-state index is 0. The van der Waals surface area contributed by atoms with Gasteiger partial charge < -0.3 is 5.11 Å². The molecule has 8 heavy (non-hydrogen) atoms. The first-order chi connectivity index (χ1) is 3.13. The number of Topliss-reactive ketones (excluding diaryl/α,β-unsaturated/α-hetero) is 1. The van der Waals surface area contributed by atoms with Crippen LogP contribution in [0.1, 0.15) is 13.3 Å². The summed E-state index contributed by atoms with van der Waals surface area (Å²) in [5.74, 6) is -0.167. The van der Waals surface area contributed by atoms with Crippen LogP contribution in [-0.2, 0) is 4.79 Å². The fraction of sp³-hybridized carbons (Fsp3) is 0.500. The third-order valence-electron chi connectivity index (χ3n) is 0.393. The van der Waals surface area contributed by atoms with Gasteiger partial charge in [-0.25, -0.2) is 0 Å². The molecule has 0 aliphatic heterocycles. The number of thiocarbonyl (C=S) groups is 1. The summed E-state index contributed by atoms with van der Waals surface area (Å²) in [6, 6.07) is 0. The average Bonchev–Trinajstić information content (AvgIpc) is 1.27. The van der Waals surface area contributed by atoms with Crippen LogP contribution >= 0.6 is 12.2 Å². The topological polar surface area (TPSA) is 40.1 Å². The van der Waals surface area contributed by atoms with Crippen LogP contribution in [0.5, 0.6) is 0 Å².